The fourth-order valence-electron chi connectivity index (χ4n) is 1.35. The van der Waals surface area contributed by atoms with Crippen LogP contribution in [-0.4, -0.2) is 32.1 Å². The molecule has 1 aromatic carbocycles. The van der Waals surface area contributed by atoms with Crippen LogP contribution in [0.25, 0.3) is 0 Å². The summed E-state index contributed by atoms with van der Waals surface area (Å²) >= 11 is 13.5. The Bertz CT molecular complexity index is 349. The van der Waals surface area contributed by atoms with Crippen molar-refractivity contribution in [1.82, 2.24) is 5.32 Å². The second-order valence-electron chi connectivity index (χ2n) is 3.73. The van der Waals surface area contributed by atoms with Crippen LogP contribution in [0.2, 0.25) is 10.0 Å². The van der Waals surface area contributed by atoms with Crippen LogP contribution in [0, 0.1) is 0 Å². The first kappa shape index (κ1) is 15.1. The van der Waals surface area contributed by atoms with Gasteiger partial charge in [-0.3, -0.25) is 0 Å². The fraction of sp³-hybridized carbons (Fsp3) is 0.500. The quantitative estimate of drug-likeness (QED) is 0.612. The highest BCUT2D eigenvalue weighted by Gasteiger charge is 2.02. The number of halogens is 2. The Morgan fingerprint density at radius 2 is 2.12 bits per heavy atom. The molecule has 1 unspecified atom stereocenters. The molecule has 0 heterocycles. The summed E-state index contributed by atoms with van der Waals surface area (Å²) in [5.74, 6) is 0.992. The molecule has 0 saturated carbocycles. The van der Waals surface area contributed by atoms with Gasteiger partial charge in [-0.2, -0.15) is 0 Å². The van der Waals surface area contributed by atoms with Gasteiger partial charge in [0.15, 0.2) is 0 Å². The zero-order chi connectivity index (χ0) is 12.7. The van der Waals surface area contributed by atoms with Crippen molar-refractivity contribution in [3.8, 4) is 0 Å². The molecule has 1 aromatic rings. The molecule has 17 heavy (non-hydrogen) atoms. The van der Waals surface area contributed by atoms with E-state index in [0.29, 0.717) is 16.1 Å². The average molecular weight is 294 g/mol. The third-order valence-corrected chi connectivity index (χ3v) is 3.91. The first-order chi connectivity index (χ1) is 8.13. The van der Waals surface area contributed by atoms with E-state index < -0.39 is 0 Å². The van der Waals surface area contributed by atoms with Crippen molar-refractivity contribution in [1.29, 1.82) is 0 Å². The molecule has 0 amide bonds. The maximum absolute atomic E-state index is 5.94. The van der Waals surface area contributed by atoms with Crippen molar-refractivity contribution in [3.63, 3.8) is 0 Å². The van der Waals surface area contributed by atoms with Gasteiger partial charge in [0.1, 0.15) is 0 Å². The zero-order valence-corrected chi connectivity index (χ0v) is 12.3. The molecule has 0 radical (unpaired) electrons. The van der Waals surface area contributed by atoms with Crippen LogP contribution in [0.1, 0.15) is 6.92 Å². The first-order valence-electron chi connectivity index (χ1n) is 5.43. The molecule has 0 aliphatic heterocycles. The van der Waals surface area contributed by atoms with Gasteiger partial charge in [0, 0.05) is 30.3 Å². The van der Waals surface area contributed by atoms with E-state index in [9.17, 15) is 0 Å². The lowest BCUT2D eigenvalue weighted by Gasteiger charge is -2.12. The Kier molecular flexibility index (Phi) is 7.32. The van der Waals surface area contributed by atoms with Crippen molar-refractivity contribution in [3.05, 3.63) is 28.2 Å². The van der Waals surface area contributed by atoms with E-state index in [1.807, 2.05) is 18.2 Å². The van der Waals surface area contributed by atoms with Crippen molar-refractivity contribution in [2.45, 2.75) is 17.9 Å². The predicted molar refractivity (Wildman–Crippen MR) is 76.5 cm³/mol. The van der Waals surface area contributed by atoms with Gasteiger partial charge in [0.05, 0.1) is 16.7 Å². The molecular formula is C12H17Cl2NOS. The molecule has 5 heteroatoms. The van der Waals surface area contributed by atoms with Crippen LogP contribution in [0.4, 0.5) is 0 Å². The minimum absolute atomic E-state index is 0.384. The van der Waals surface area contributed by atoms with E-state index in [-0.39, 0.29) is 0 Å². The molecule has 1 N–H and O–H groups in total. The highest BCUT2D eigenvalue weighted by molar-refractivity contribution is 7.99. The molecule has 0 spiro atoms. The number of hydrogen-bond donors (Lipinski definition) is 1. The van der Waals surface area contributed by atoms with Crippen LogP contribution >= 0.6 is 35.0 Å². The molecule has 2 nitrogen and oxygen atoms in total. The number of nitrogens with one attached hydrogen (secondary N) is 1. The summed E-state index contributed by atoms with van der Waals surface area (Å²) in [6.45, 7) is 3.78. The van der Waals surface area contributed by atoms with Gasteiger partial charge >= 0.3 is 0 Å². The largest absolute Gasteiger partial charge is 0.383 e. The van der Waals surface area contributed by atoms with Crippen LogP contribution in [0.15, 0.2) is 23.1 Å². The number of ether oxygens (including phenoxy) is 1. The van der Waals surface area contributed by atoms with Gasteiger partial charge in [0.2, 0.25) is 0 Å². The Labute approximate surface area is 117 Å². The van der Waals surface area contributed by atoms with Crippen molar-refractivity contribution < 1.29 is 4.74 Å². The van der Waals surface area contributed by atoms with Crippen LogP contribution in [0.3, 0.4) is 0 Å². The lowest BCUT2D eigenvalue weighted by Crippen LogP contribution is -2.31. The zero-order valence-electron chi connectivity index (χ0n) is 10.0. The molecule has 0 aliphatic rings. The number of hydrogen-bond acceptors (Lipinski definition) is 3. The highest BCUT2D eigenvalue weighted by Crippen LogP contribution is 2.27. The Morgan fingerprint density at radius 1 is 1.35 bits per heavy atom. The van der Waals surface area contributed by atoms with Crippen LogP contribution < -0.4 is 5.32 Å². The van der Waals surface area contributed by atoms with Gasteiger partial charge in [0.25, 0.3) is 0 Å². The monoisotopic (exact) mass is 293 g/mol. The summed E-state index contributed by atoms with van der Waals surface area (Å²) in [4.78, 5) is 1.14. The Hall–Kier alpha value is 0.0700. The van der Waals surface area contributed by atoms with Gasteiger partial charge in [-0.1, -0.05) is 23.2 Å². The number of benzene rings is 1. The van der Waals surface area contributed by atoms with E-state index in [1.54, 1.807) is 18.9 Å². The number of rotatable bonds is 7. The third kappa shape index (κ3) is 5.98. The van der Waals surface area contributed by atoms with Crippen molar-refractivity contribution in [2.75, 3.05) is 26.0 Å². The summed E-state index contributed by atoms with van der Waals surface area (Å²) in [6.07, 6.45) is 0. The molecule has 0 bridgehead atoms. The molecule has 96 valence electrons. The lowest BCUT2D eigenvalue weighted by molar-refractivity contribution is 0.173. The minimum atomic E-state index is 0.384. The first-order valence-corrected chi connectivity index (χ1v) is 7.18. The molecule has 1 atom stereocenters. The predicted octanol–water partition coefficient (Wildman–Crippen LogP) is 3.71. The summed E-state index contributed by atoms with van der Waals surface area (Å²) in [5, 5.41) is 4.58. The molecule has 1 rings (SSSR count). The topological polar surface area (TPSA) is 21.3 Å². The van der Waals surface area contributed by atoms with Gasteiger partial charge in [-0.25, -0.2) is 0 Å². The SMILES string of the molecule is COCC(C)NCCSc1ccc(Cl)c(Cl)c1. The molecule has 0 aliphatic carbocycles. The molecule has 0 saturated heterocycles. The van der Waals surface area contributed by atoms with Crippen LogP contribution in [-0.2, 0) is 4.74 Å². The smallest absolute Gasteiger partial charge is 0.0613 e. The third-order valence-electron chi connectivity index (χ3n) is 2.17. The normalized spacial score (nSPS) is 12.7. The average Bonchev–Trinajstić information content (AvgIpc) is 2.29. The van der Waals surface area contributed by atoms with Gasteiger partial charge in [-0.15, -0.1) is 11.8 Å². The summed E-state index contributed by atoms with van der Waals surface area (Å²) in [6, 6.07) is 6.09. The number of methoxy groups -OCH3 is 1. The molecular weight excluding hydrogens is 277 g/mol. The van der Waals surface area contributed by atoms with E-state index in [1.165, 1.54) is 0 Å². The van der Waals surface area contributed by atoms with Crippen LogP contribution in [0.5, 0.6) is 0 Å². The number of thioether (sulfide) groups is 1. The van der Waals surface area contributed by atoms with Gasteiger partial charge in [-0.05, 0) is 25.1 Å². The molecule has 0 fully saturated rings. The Balaban J connectivity index is 2.24. The maximum Gasteiger partial charge on any atom is 0.0613 e. The van der Waals surface area contributed by atoms with Crippen molar-refractivity contribution >= 4 is 35.0 Å². The standard InChI is InChI=1S/C12H17Cl2NOS/c1-9(8-16-2)15-5-6-17-10-3-4-11(13)12(14)7-10/h3-4,7,9,15H,5-6,8H2,1-2H3. The summed E-state index contributed by atoms with van der Waals surface area (Å²) < 4.78 is 5.05. The van der Waals surface area contributed by atoms with Crippen molar-refractivity contribution in [2.24, 2.45) is 0 Å². The molecule has 0 aromatic heterocycles. The van der Waals surface area contributed by atoms with E-state index in [2.05, 4.69) is 12.2 Å². The maximum atomic E-state index is 5.94. The lowest BCUT2D eigenvalue weighted by atomic mass is 10.4. The highest BCUT2D eigenvalue weighted by atomic mass is 35.5. The summed E-state index contributed by atoms with van der Waals surface area (Å²) in [5.41, 5.74) is 0. The fourth-order valence-corrected chi connectivity index (χ4v) is 2.53. The second-order valence-corrected chi connectivity index (χ2v) is 5.72. The van der Waals surface area contributed by atoms with E-state index in [0.717, 1.165) is 23.8 Å². The summed E-state index contributed by atoms with van der Waals surface area (Å²) in [7, 11) is 1.71. The van der Waals surface area contributed by atoms with E-state index >= 15 is 0 Å². The second kappa shape index (κ2) is 8.22. The van der Waals surface area contributed by atoms with E-state index in [4.69, 9.17) is 27.9 Å². The minimum Gasteiger partial charge on any atom is -0.383 e. The Morgan fingerprint density at radius 3 is 2.76 bits per heavy atom. The van der Waals surface area contributed by atoms with Gasteiger partial charge < -0.3 is 10.1 Å².